The molecule has 0 spiro atoms. The van der Waals surface area contributed by atoms with Gasteiger partial charge in [0.25, 0.3) is 0 Å². The third-order valence-corrected chi connectivity index (χ3v) is 4.47. The molecule has 0 bridgehead atoms. The highest BCUT2D eigenvalue weighted by molar-refractivity contribution is 8.00. The van der Waals surface area contributed by atoms with Crippen LogP contribution in [0.4, 0.5) is 5.13 Å². The van der Waals surface area contributed by atoms with Crippen LogP contribution in [0.1, 0.15) is 5.56 Å². The number of benzene rings is 1. The summed E-state index contributed by atoms with van der Waals surface area (Å²) in [5.74, 6) is 0. The number of hydrogen-bond donors (Lipinski definition) is 1. The van der Waals surface area contributed by atoms with Crippen LogP contribution in [0.2, 0.25) is 10.0 Å². The van der Waals surface area contributed by atoms with Gasteiger partial charge in [0.05, 0.1) is 0 Å². The summed E-state index contributed by atoms with van der Waals surface area (Å²) in [7, 11) is 0. The number of halogens is 2. The predicted molar refractivity (Wildman–Crippen MR) is 75.5 cm³/mol. The van der Waals surface area contributed by atoms with E-state index in [4.69, 9.17) is 23.2 Å². The van der Waals surface area contributed by atoms with Gasteiger partial charge in [0.15, 0.2) is 4.34 Å². The number of aromatic nitrogens is 2. The van der Waals surface area contributed by atoms with E-state index in [0.717, 1.165) is 15.0 Å². The predicted octanol–water partition coefficient (Wildman–Crippen LogP) is 4.18. The van der Waals surface area contributed by atoms with Gasteiger partial charge in [-0.3, -0.25) is 0 Å². The second-order valence-corrected chi connectivity index (χ2v) is 6.04. The molecule has 0 aliphatic rings. The maximum absolute atomic E-state index is 6.07. The minimum Gasteiger partial charge on any atom is -0.356 e. The third kappa shape index (κ3) is 3.48. The fourth-order valence-corrected chi connectivity index (χ4v) is 2.84. The maximum atomic E-state index is 6.07. The lowest BCUT2D eigenvalue weighted by Gasteiger charge is -2.04. The molecule has 1 heterocycles. The van der Waals surface area contributed by atoms with Gasteiger partial charge in [0.2, 0.25) is 5.13 Å². The minimum atomic E-state index is 0.610. The Labute approximate surface area is 118 Å². The fourth-order valence-electron chi connectivity index (χ4n) is 1.20. The van der Waals surface area contributed by atoms with Crippen molar-refractivity contribution in [3.8, 4) is 0 Å². The summed E-state index contributed by atoms with van der Waals surface area (Å²) in [5.41, 5.74) is 0.983. The van der Waals surface area contributed by atoms with E-state index >= 15 is 0 Å². The molecule has 0 unspecified atom stereocenters. The van der Waals surface area contributed by atoms with Gasteiger partial charge in [-0.25, -0.2) is 0 Å². The Bertz CT molecular complexity index is 516. The van der Waals surface area contributed by atoms with E-state index in [0.29, 0.717) is 16.6 Å². The van der Waals surface area contributed by atoms with Crippen LogP contribution >= 0.6 is 46.3 Å². The lowest BCUT2D eigenvalue weighted by molar-refractivity contribution is 0.997. The van der Waals surface area contributed by atoms with Crippen LogP contribution in [-0.2, 0) is 6.54 Å². The Morgan fingerprint density at radius 3 is 2.82 bits per heavy atom. The van der Waals surface area contributed by atoms with Crippen LogP contribution in [0.3, 0.4) is 0 Å². The van der Waals surface area contributed by atoms with Gasteiger partial charge in [-0.2, -0.15) is 0 Å². The summed E-state index contributed by atoms with van der Waals surface area (Å²) in [5, 5.41) is 13.3. The van der Waals surface area contributed by atoms with Gasteiger partial charge in [-0.05, 0) is 24.0 Å². The Morgan fingerprint density at radius 1 is 1.35 bits per heavy atom. The number of rotatable bonds is 4. The summed E-state index contributed by atoms with van der Waals surface area (Å²) < 4.78 is 0.940. The van der Waals surface area contributed by atoms with Crippen LogP contribution in [0.25, 0.3) is 0 Å². The first kappa shape index (κ1) is 13.0. The highest BCUT2D eigenvalue weighted by atomic mass is 35.5. The summed E-state index contributed by atoms with van der Waals surface area (Å²) in [6, 6.07) is 5.44. The topological polar surface area (TPSA) is 37.8 Å². The molecule has 1 N–H and O–H groups in total. The van der Waals surface area contributed by atoms with Gasteiger partial charge in [0.1, 0.15) is 0 Å². The molecule has 0 fully saturated rings. The van der Waals surface area contributed by atoms with E-state index < -0.39 is 0 Å². The zero-order valence-electron chi connectivity index (χ0n) is 8.91. The van der Waals surface area contributed by atoms with Crippen molar-refractivity contribution in [2.45, 2.75) is 10.9 Å². The molecular weight excluding hydrogens is 297 g/mol. The number of anilines is 1. The van der Waals surface area contributed by atoms with Crippen molar-refractivity contribution in [1.82, 2.24) is 10.2 Å². The molecule has 0 aliphatic heterocycles. The van der Waals surface area contributed by atoms with E-state index in [1.54, 1.807) is 17.8 Å². The molecule has 2 aromatic rings. The summed E-state index contributed by atoms with van der Waals surface area (Å²) in [6.07, 6.45) is 1.97. The average molecular weight is 306 g/mol. The second kappa shape index (κ2) is 5.91. The van der Waals surface area contributed by atoms with Gasteiger partial charge in [-0.15, -0.1) is 10.2 Å². The summed E-state index contributed by atoms with van der Waals surface area (Å²) in [6.45, 7) is 0.610. The monoisotopic (exact) mass is 305 g/mol. The Morgan fingerprint density at radius 2 is 2.18 bits per heavy atom. The molecule has 0 amide bonds. The Kier molecular flexibility index (Phi) is 4.50. The van der Waals surface area contributed by atoms with E-state index in [1.165, 1.54) is 11.3 Å². The van der Waals surface area contributed by atoms with Crippen molar-refractivity contribution in [3.63, 3.8) is 0 Å². The van der Waals surface area contributed by atoms with Crippen molar-refractivity contribution in [3.05, 3.63) is 33.8 Å². The smallest absolute Gasteiger partial charge is 0.206 e. The molecule has 0 radical (unpaired) electrons. The zero-order valence-corrected chi connectivity index (χ0v) is 12.1. The fraction of sp³-hybridized carbons (Fsp3) is 0.200. The molecule has 0 atom stereocenters. The largest absolute Gasteiger partial charge is 0.356 e. The molecule has 1 aromatic carbocycles. The maximum Gasteiger partial charge on any atom is 0.206 e. The third-order valence-electron chi connectivity index (χ3n) is 2.03. The second-order valence-electron chi connectivity index (χ2n) is 3.17. The highest BCUT2D eigenvalue weighted by Gasteiger charge is 2.04. The van der Waals surface area contributed by atoms with Gasteiger partial charge in [-0.1, -0.05) is 52.4 Å². The van der Waals surface area contributed by atoms with Crippen LogP contribution in [0.5, 0.6) is 0 Å². The van der Waals surface area contributed by atoms with Crippen LogP contribution in [-0.4, -0.2) is 16.5 Å². The molecular formula is C10H9Cl2N3S2. The standard InChI is InChI=1S/C10H9Cl2N3S2/c1-16-10-15-14-9(17-10)13-5-6-2-3-7(11)4-8(6)12/h2-4H,5H2,1H3,(H,13,14). The van der Waals surface area contributed by atoms with Crippen molar-refractivity contribution in [2.24, 2.45) is 0 Å². The van der Waals surface area contributed by atoms with E-state index in [2.05, 4.69) is 15.5 Å². The van der Waals surface area contributed by atoms with Crippen molar-refractivity contribution in [1.29, 1.82) is 0 Å². The molecule has 2 rings (SSSR count). The number of nitrogens with zero attached hydrogens (tertiary/aromatic N) is 2. The molecule has 90 valence electrons. The SMILES string of the molecule is CSc1nnc(NCc2ccc(Cl)cc2Cl)s1. The molecule has 17 heavy (non-hydrogen) atoms. The molecule has 0 aliphatic carbocycles. The first-order chi connectivity index (χ1) is 8.19. The van der Waals surface area contributed by atoms with Crippen molar-refractivity contribution >= 4 is 51.4 Å². The van der Waals surface area contributed by atoms with Crippen molar-refractivity contribution in [2.75, 3.05) is 11.6 Å². The van der Waals surface area contributed by atoms with E-state index in [1.807, 2.05) is 18.4 Å². The quantitative estimate of drug-likeness (QED) is 0.860. The van der Waals surface area contributed by atoms with Crippen LogP contribution < -0.4 is 5.32 Å². The normalized spacial score (nSPS) is 10.5. The van der Waals surface area contributed by atoms with Crippen LogP contribution in [0, 0.1) is 0 Å². The number of hydrogen-bond acceptors (Lipinski definition) is 5. The van der Waals surface area contributed by atoms with Gasteiger partial charge >= 0.3 is 0 Å². The van der Waals surface area contributed by atoms with Gasteiger partial charge < -0.3 is 5.32 Å². The summed E-state index contributed by atoms with van der Waals surface area (Å²) in [4.78, 5) is 0. The first-order valence-corrected chi connectivity index (χ1v) is 7.54. The minimum absolute atomic E-state index is 0.610. The Balaban J connectivity index is 2.02. The van der Waals surface area contributed by atoms with Crippen LogP contribution in [0.15, 0.2) is 22.5 Å². The zero-order chi connectivity index (χ0) is 12.3. The molecule has 7 heteroatoms. The lowest BCUT2D eigenvalue weighted by Crippen LogP contribution is -1.99. The number of nitrogens with one attached hydrogen (secondary N) is 1. The first-order valence-electron chi connectivity index (χ1n) is 4.74. The Hall–Kier alpha value is -0.490. The average Bonchev–Trinajstić information content (AvgIpc) is 2.76. The molecule has 0 saturated heterocycles. The van der Waals surface area contributed by atoms with E-state index in [9.17, 15) is 0 Å². The lowest BCUT2D eigenvalue weighted by atomic mass is 10.2. The van der Waals surface area contributed by atoms with Gasteiger partial charge in [0, 0.05) is 16.6 Å². The molecule has 0 saturated carbocycles. The highest BCUT2D eigenvalue weighted by Crippen LogP contribution is 2.25. The summed E-state index contributed by atoms with van der Waals surface area (Å²) >= 11 is 15.0. The number of thioether (sulfide) groups is 1. The van der Waals surface area contributed by atoms with E-state index in [-0.39, 0.29) is 0 Å². The van der Waals surface area contributed by atoms with Crippen molar-refractivity contribution < 1.29 is 0 Å². The molecule has 3 nitrogen and oxygen atoms in total. The molecule has 1 aromatic heterocycles.